The lowest BCUT2D eigenvalue weighted by Crippen LogP contribution is -2.56. The average molecular weight is 478 g/mol. The Morgan fingerprint density at radius 2 is 0.914 bits per heavy atom. The van der Waals surface area contributed by atoms with Crippen molar-refractivity contribution in [2.24, 2.45) is 0 Å². The van der Waals surface area contributed by atoms with Gasteiger partial charge in [-0.2, -0.15) is 0 Å². The van der Waals surface area contributed by atoms with Crippen LogP contribution in [0.4, 0.5) is 11.4 Å². The lowest BCUT2D eigenvalue weighted by atomic mass is 9.91. The molecule has 1 aliphatic rings. The molecule has 2 aromatic carbocycles. The van der Waals surface area contributed by atoms with Crippen LogP contribution in [-0.4, -0.2) is 23.3 Å². The molecule has 0 spiro atoms. The van der Waals surface area contributed by atoms with Crippen LogP contribution in [-0.2, 0) is 0 Å². The molecule has 0 aliphatic carbocycles. The van der Waals surface area contributed by atoms with Crippen LogP contribution >= 0.6 is 0 Å². The van der Waals surface area contributed by atoms with Crippen molar-refractivity contribution < 1.29 is 0 Å². The maximum atomic E-state index is 4.11. The summed E-state index contributed by atoms with van der Waals surface area (Å²) in [5.74, 6) is 1.84. The summed E-state index contributed by atoms with van der Waals surface area (Å²) in [5.41, 5.74) is 8.24. The lowest BCUT2D eigenvalue weighted by molar-refractivity contribution is 0.0776. The van der Waals surface area contributed by atoms with Gasteiger partial charge in [0.15, 0.2) is 6.29 Å². The number of benzene rings is 2. The molecule has 1 fully saturated rings. The third-order valence-electron chi connectivity index (χ3n) is 7.87. The topological polar surface area (TPSA) is 27.3 Å². The van der Waals surface area contributed by atoms with E-state index < -0.39 is 0 Å². The minimum absolute atomic E-state index is 0.0232. The fraction of sp³-hybridized carbons (Fsp3) is 0.625. The van der Waals surface area contributed by atoms with Crippen LogP contribution in [0.2, 0.25) is 0 Å². The summed E-state index contributed by atoms with van der Waals surface area (Å²) >= 11 is 0. The first-order valence-corrected chi connectivity index (χ1v) is 14.1. The highest BCUT2D eigenvalue weighted by Gasteiger charge is 2.33. The van der Waals surface area contributed by atoms with Crippen molar-refractivity contribution in [3.05, 3.63) is 58.7 Å². The molecule has 35 heavy (non-hydrogen) atoms. The van der Waals surface area contributed by atoms with E-state index in [9.17, 15) is 0 Å². The van der Waals surface area contributed by atoms with Gasteiger partial charge in [0.2, 0.25) is 0 Å². The Kier molecular flexibility index (Phi) is 9.32. The van der Waals surface area contributed by atoms with E-state index in [1.54, 1.807) is 0 Å². The van der Waals surface area contributed by atoms with Crippen molar-refractivity contribution in [2.75, 3.05) is 10.6 Å². The summed E-state index contributed by atoms with van der Waals surface area (Å²) in [7, 11) is 0. The number of nitrogens with one attached hydrogen (secondary N) is 2. The van der Waals surface area contributed by atoms with Gasteiger partial charge in [0.05, 0.1) is 0 Å². The second-order valence-corrected chi connectivity index (χ2v) is 12.0. The summed E-state index contributed by atoms with van der Waals surface area (Å²) in [4.78, 5) is 2.70. The third-order valence-corrected chi connectivity index (χ3v) is 7.87. The fourth-order valence-corrected chi connectivity index (χ4v) is 5.84. The molecule has 1 heterocycles. The van der Waals surface area contributed by atoms with Crippen LogP contribution in [0.3, 0.4) is 0 Å². The van der Waals surface area contributed by atoms with Gasteiger partial charge in [-0.3, -0.25) is 4.90 Å². The van der Waals surface area contributed by atoms with Crippen LogP contribution < -0.4 is 10.6 Å². The quantitative estimate of drug-likeness (QED) is 0.352. The van der Waals surface area contributed by atoms with Crippen LogP contribution in [0.15, 0.2) is 36.4 Å². The van der Waals surface area contributed by atoms with E-state index in [1.165, 1.54) is 52.9 Å². The van der Waals surface area contributed by atoms with Crippen molar-refractivity contribution in [3.8, 4) is 0 Å². The van der Waals surface area contributed by atoms with E-state index in [2.05, 4.69) is 121 Å². The summed E-state index contributed by atoms with van der Waals surface area (Å²) in [6.45, 7) is 23.3. The molecule has 2 atom stereocenters. The Morgan fingerprint density at radius 3 is 1.20 bits per heavy atom. The first-order chi connectivity index (χ1) is 16.5. The molecule has 2 N–H and O–H groups in total. The normalized spacial score (nSPS) is 19.4. The number of nitrogens with zero attached hydrogens (tertiary/aromatic N) is 1. The smallest absolute Gasteiger partial charge is 0.156 e. The molecule has 3 nitrogen and oxygen atoms in total. The SMILES string of the molecule is CC(C)c1cccc(C(C)C)c1NC(Nc1c(C(C)C)cccc1C(C)C)N1C(C)CCCC1C. The Labute approximate surface area is 216 Å². The molecule has 1 aliphatic heterocycles. The number of hydrogen-bond donors (Lipinski definition) is 2. The highest BCUT2D eigenvalue weighted by molar-refractivity contribution is 5.64. The van der Waals surface area contributed by atoms with Gasteiger partial charge in [-0.1, -0.05) is 98.2 Å². The van der Waals surface area contributed by atoms with Crippen LogP contribution in [0.25, 0.3) is 0 Å². The van der Waals surface area contributed by atoms with E-state index >= 15 is 0 Å². The van der Waals surface area contributed by atoms with Gasteiger partial charge in [-0.25, -0.2) is 0 Å². The second kappa shape index (κ2) is 11.8. The first-order valence-electron chi connectivity index (χ1n) is 14.1. The van der Waals surface area contributed by atoms with Gasteiger partial charge < -0.3 is 10.6 Å². The Hall–Kier alpha value is -2.00. The number of hydrogen-bond acceptors (Lipinski definition) is 3. The maximum absolute atomic E-state index is 4.11. The summed E-state index contributed by atoms with van der Waals surface area (Å²) in [6.07, 6.45) is 3.83. The van der Waals surface area contributed by atoms with E-state index in [0.29, 0.717) is 35.8 Å². The number of para-hydroxylation sites is 2. The van der Waals surface area contributed by atoms with Crippen LogP contribution in [0.1, 0.15) is 134 Å². The van der Waals surface area contributed by atoms with Crippen LogP contribution in [0, 0.1) is 0 Å². The van der Waals surface area contributed by atoms with E-state index in [-0.39, 0.29) is 6.29 Å². The van der Waals surface area contributed by atoms with Crippen molar-refractivity contribution in [1.82, 2.24) is 4.90 Å². The van der Waals surface area contributed by atoms with Gasteiger partial charge >= 0.3 is 0 Å². The molecule has 3 heteroatoms. The van der Waals surface area contributed by atoms with Gasteiger partial charge in [-0.15, -0.1) is 0 Å². The molecule has 0 bridgehead atoms. The van der Waals surface area contributed by atoms with Gasteiger partial charge in [0.1, 0.15) is 0 Å². The minimum Gasteiger partial charge on any atom is -0.352 e. The summed E-state index contributed by atoms with van der Waals surface area (Å²) in [6, 6.07) is 14.7. The maximum Gasteiger partial charge on any atom is 0.156 e. The molecular weight excluding hydrogens is 426 g/mol. The molecule has 194 valence electrons. The zero-order valence-corrected chi connectivity index (χ0v) is 24.1. The van der Waals surface area contributed by atoms with Crippen LogP contribution in [0.5, 0.6) is 0 Å². The zero-order chi connectivity index (χ0) is 25.9. The molecule has 2 unspecified atom stereocenters. The molecule has 0 radical (unpaired) electrons. The predicted molar refractivity (Wildman–Crippen MR) is 155 cm³/mol. The highest BCUT2D eigenvalue weighted by Crippen LogP contribution is 2.37. The Bertz CT molecular complexity index is 831. The monoisotopic (exact) mass is 477 g/mol. The lowest BCUT2D eigenvalue weighted by Gasteiger charge is -2.46. The van der Waals surface area contributed by atoms with E-state index in [1.807, 2.05) is 0 Å². The fourth-order valence-electron chi connectivity index (χ4n) is 5.84. The standard InChI is InChI=1S/C32H51N3/c1-20(2)26-16-12-17-27(21(3)4)30(26)33-32(35-24(9)14-11-15-25(35)10)34-31-28(22(5)6)18-13-19-29(31)23(7)8/h12-13,16-25,32-34H,11,14-15H2,1-10H3. The number of anilines is 2. The Balaban J connectivity index is 2.16. The van der Waals surface area contributed by atoms with Crippen molar-refractivity contribution in [3.63, 3.8) is 0 Å². The number of piperidine rings is 1. The highest BCUT2D eigenvalue weighted by atomic mass is 15.4. The van der Waals surface area contributed by atoms with Crippen molar-refractivity contribution >= 4 is 11.4 Å². The Morgan fingerprint density at radius 1 is 0.600 bits per heavy atom. The van der Waals surface area contributed by atoms with Crippen molar-refractivity contribution in [2.45, 2.75) is 131 Å². The largest absolute Gasteiger partial charge is 0.352 e. The van der Waals surface area contributed by atoms with E-state index in [0.717, 1.165) is 0 Å². The van der Waals surface area contributed by atoms with Crippen molar-refractivity contribution in [1.29, 1.82) is 0 Å². The third kappa shape index (κ3) is 6.23. The molecule has 1 saturated heterocycles. The minimum atomic E-state index is 0.0232. The molecule has 2 aromatic rings. The molecular formula is C32H51N3. The number of rotatable bonds is 9. The average Bonchev–Trinajstić information content (AvgIpc) is 2.78. The molecule has 3 rings (SSSR count). The predicted octanol–water partition coefficient (Wildman–Crippen LogP) is 9.25. The van der Waals surface area contributed by atoms with Gasteiger partial charge in [0.25, 0.3) is 0 Å². The summed E-state index contributed by atoms with van der Waals surface area (Å²) < 4.78 is 0. The molecule has 0 saturated carbocycles. The first kappa shape index (κ1) is 27.6. The molecule has 0 amide bonds. The molecule has 0 aromatic heterocycles. The zero-order valence-electron chi connectivity index (χ0n) is 24.1. The van der Waals surface area contributed by atoms with Gasteiger partial charge in [0, 0.05) is 23.5 Å². The van der Waals surface area contributed by atoms with Gasteiger partial charge in [-0.05, 0) is 72.6 Å². The summed E-state index contributed by atoms with van der Waals surface area (Å²) in [5, 5.41) is 8.21. The second-order valence-electron chi connectivity index (χ2n) is 12.0. The number of likely N-dealkylation sites (tertiary alicyclic amines) is 1. The van der Waals surface area contributed by atoms with E-state index in [4.69, 9.17) is 0 Å².